The van der Waals surface area contributed by atoms with E-state index >= 15 is 0 Å². The minimum absolute atomic E-state index is 0.0701. The van der Waals surface area contributed by atoms with Crippen molar-refractivity contribution in [1.82, 2.24) is 10.5 Å². The zero-order valence-corrected chi connectivity index (χ0v) is 17.3. The maximum absolute atomic E-state index is 13.8. The largest absolute Gasteiger partial charge is 0.486 e. The van der Waals surface area contributed by atoms with Crippen LogP contribution >= 0.6 is 0 Å². The predicted molar refractivity (Wildman–Crippen MR) is 108 cm³/mol. The number of rotatable bonds is 7. The number of halogens is 2. The van der Waals surface area contributed by atoms with Gasteiger partial charge in [-0.05, 0) is 43.0 Å². The van der Waals surface area contributed by atoms with Crippen LogP contribution in [0.5, 0.6) is 5.75 Å². The summed E-state index contributed by atoms with van der Waals surface area (Å²) < 4.78 is 37.4. The summed E-state index contributed by atoms with van der Waals surface area (Å²) in [5.41, 5.74) is 2.65. The Morgan fingerprint density at radius 2 is 1.77 bits per heavy atom. The zero-order valence-electron chi connectivity index (χ0n) is 17.3. The van der Waals surface area contributed by atoms with Gasteiger partial charge in [0.05, 0.1) is 11.6 Å². The van der Waals surface area contributed by atoms with E-state index in [9.17, 15) is 13.6 Å². The lowest BCUT2D eigenvalue weighted by Crippen LogP contribution is -2.28. The Bertz CT molecular complexity index is 1030. The third kappa shape index (κ3) is 4.84. The normalized spacial score (nSPS) is 12.1. The van der Waals surface area contributed by atoms with Gasteiger partial charge in [-0.2, -0.15) is 0 Å². The quantitative estimate of drug-likeness (QED) is 0.558. The van der Waals surface area contributed by atoms with Gasteiger partial charge in [-0.3, -0.25) is 4.79 Å². The fourth-order valence-corrected chi connectivity index (χ4v) is 3.00. The fourth-order valence-electron chi connectivity index (χ4n) is 3.00. The van der Waals surface area contributed by atoms with E-state index in [2.05, 4.69) is 24.3 Å². The van der Waals surface area contributed by atoms with Gasteiger partial charge >= 0.3 is 0 Å². The third-order valence-corrected chi connectivity index (χ3v) is 4.92. The highest BCUT2D eigenvalue weighted by Gasteiger charge is 2.22. The summed E-state index contributed by atoms with van der Waals surface area (Å²) in [6, 6.07) is 10.8. The number of carbonyl (C=O) groups excluding carboxylic acids is 1. The number of nitrogens with zero attached hydrogens (tertiary/aromatic N) is 1. The van der Waals surface area contributed by atoms with Crippen molar-refractivity contribution in [2.45, 2.75) is 46.3 Å². The molecule has 5 nitrogen and oxygen atoms in total. The molecule has 0 radical (unpaired) electrons. The molecule has 1 atom stereocenters. The summed E-state index contributed by atoms with van der Waals surface area (Å²) in [6.45, 7) is 7.61. The fraction of sp³-hybridized carbons (Fsp3) is 0.304. The molecule has 1 unspecified atom stereocenters. The van der Waals surface area contributed by atoms with Crippen LogP contribution in [0.25, 0.3) is 0 Å². The second-order valence-corrected chi connectivity index (χ2v) is 7.45. The highest BCUT2D eigenvalue weighted by atomic mass is 19.1. The average Bonchev–Trinajstić information content (AvgIpc) is 3.08. The molecular weight excluding hydrogens is 390 g/mol. The molecule has 0 aliphatic rings. The summed E-state index contributed by atoms with van der Waals surface area (Å²) in [6.07, 6.45) is 0. The Balaban J connectivity index is 1.70. The zero-order chi connectivity index (χ0) is 21.8. The van der Waals surface area contributed by atoms with Crippen LogP contribution in [0.15, 0.2) is 47.0 Å². The van der Waals surface area contributed by atoms with E-state index in [1.807, 2.05) is 31.2 Å². The lowest BCUT2D eigenvalue weighted by Gasteiger charge is -2.15. The Kier molecular flexibility index (Phi) is 6.50. The molecule has 1 amide bonds. The van der Waals surface area contributed by atoms with Crippen LogP contribution in [-0.4, -0.2) is 11.1 Å². The molecule has 30 heavy (non-hydrogen) atoms. The lowest BCUT2D eigenvalue weighted by atomic mass is 9.99. The molecule has 3 aromatic rings. The number of amides is 1. The third-order valence-electron chi connectivity index (χ3n) is 4.92. The molecule has 0 aliphatic carbocycles. The van der Waals surface area contributed by atoms with Crippen LogP contribution in [0.3, 0.4) is 0 Å². The first-order chi connectivity index (χ1) is 14.3. The molecule has 0 bridgehead atoms. The maximum Gasteiger partial charge on any atom is 0.274 e. The van der Waals surface area contributed by atoms with Crippen molar-refractivity contribution in [3.63, 3.8) is 0 Å². The summed E-state index contributed by atoms with van der Waals surface area (Å²) in [4.78, 5) is 12.7. The van der Waals surface area contributed by atoms with Crippen molar-refractivity contribution in [2.24, 2.45) is 0 Å². The molecule has 3 rings (SSSR count). The number of nitrogens with one attached hydrogen (secondary N) is 1. The molecule has 1 aromatic heterocycles. The van der Waals surface area contributed by atoms with Crippen LogP contribution in [0.4, 0.5) is 8.78 Å². The monoisotopic (exact) mass is 414 g/mol. The second-order valence-electron chi connectivity index (χ2n) is 7.45. The predicted octanol–water partition coefficient (Wildman–Crippen LogP) is 5.45. The van der Waals surface area contributed by atoms with E-state index in [1.165, 1.54) is 11.6 Å². The topological polar surface area (TPSA) is 64.4 Å². The molecule has 0 fully saturated rings. The van der Waals surface area contributed by atoms with Gasteiger partial charge in [-0.1, -0.05) is 43.3 Å². The summed E-state index contributed by atoms with van der Waals surface area (Å²) in [5, 5.41) is 6.72. The average molecular weight is 414 g/mol. The molecular formula is C23H24F2N2O3. The highest BCUT2D eigenvalue weighted by molar-refractivity contribution is 5.94. The number of ether oxygens (including phenoxy) is 1. The van der Waals surface area contributed by atoms with E-state index in [-0.39, 0.29) is 24.1 Å². The van der Waals surface area contributed by atoms with Gasteiger partial charge in [0.25, 0.3) is 5.91 Å². The molecule has 0 saturated carbocycles. The summed E-state index contributed by atoms with van der Waals surface area (Å²) in [5.74, 6) is -1.26. The number of aromatic nitrogens is 1. The molecule has 1 N–H and O–H groups in total. The first-order valence-corrected chi connectivity index (χ1v) is 9.70. The minimum Gasteiger partial charge on any atom is -0.486 e. The van der Waals surface area contributed by atoms with Crippen molar-refractivity contribution in [3.8, 4) is 5.75 Å². The molecule has 7 heteroatoms. The van der Waals surface area contributed by atoms with Gasteiger partial charge < -0.3 is 14.6 Å². The van der Waals surface area contributed by atoms with Crippen LogP contribution in [0, 0.1) is 18.6 Å². The van der Waals surface area contributed by atoms with Crippen LogP contribution in [0.2, 0.25) is 0 Å². The highest BCUT2D eigenvalue weighted by Crippen LogP contribution is 2.23. The minimum atomic E-state index is -0.825. The Morgan fingerprint density at radius 3 is 2.40 bits per heavy atom. The van der Waals surface area contributed by atoms with Gasteiger partial charge in [-0.15, -0.1) is 0 Å². The first-order valence-electron chi connectivity index (χ1n) is 9.70. The van der Waals surface area contributed by atoms with Gasteiger partial charge in [0.15, 0.2) is 17.3 Å². The van der Waals surface area contributed by atoms with Crippen molar-refractivity contribution in [3.05, 3.63) is 82.2 Å². The number of hydrogen-bond donors (Lipinski definition) is 1. The number of aryl methyl sites for hydroxylation is 1. The van der Waals surface area contributed by atoms with Gasteiger partial charge in [0.2, 0.25) is 0 Å². The van der Waals surface area contributed by atoms with Crippen molar-refractivity contribution < 1.29 is 22.8 Å². The standard InChI is InChI=1S/C23H24F2N2O3/c1-13(2)16-5-7-17(8-6-16)14(3)26-23(28)22-19(15(4)30-27-22)12-29-21-10-9-18(24)11-20(21)25/h5-11,13-14H,12H2,1-4H3,(H,26,28). The van der Waals surface area contributed by atoms with Crippen LogP contribution < -0.4 is 10.1 Å². The Morgan fingerprint density at radius 1 is 1.10 bits per heavy atom. The number of benzene rings is 2. The van der Waals surface area contributed by atoms with Gasteiger partial charge in [0, 0.05) is 6.07 Å². The number of carbonyl (C=O) groups is 1. The molecule has 0 saturated heterocycles. The van der Waals surface area contributed by atoms with Crippen LogP contribution in [-0.2, 0) is 6.61 Å². The molecule has 158 valence electrons. The van der Waals surface area contributed by atoms with Crippen molar-refractivity contribution in [1.29, 1.82) is 0 Å². The van der Waals surface area contributed by atoms with E-state index in [0.717, 1.165) is 17.7 Å². The number of hydrogen-bond acceptors (Lipinski definition) is 4. The first kappa shape index (κ1) is 21.5. The molecule has 0 aliphatic heterocycles. The molecule has 1 heterocycles. The van der Waals surface area contributed by atoms with Gasteiger partial charge in [-0.25, -0.2) is 8.78 Å². The van der Waals surface area contributed by atoms with Gasteiger partial charge in [0.1, 0.15) is 18.2 Å². The molecule has 0 spiro atoms. The summed E-state index contributed by atoms with van der Waals surface area (Å²) in [7, 11) is 0. The smallest absolute Gasteiger partial charge is 0.274 e. The van der Waals surface area contributed by atoms with Crippen molar-refractivity contribution in [2.75, 3.05) is 0 Å². The Hall–Kier alpha value is -3.22. The SMILES string of the molecule is Cc1onc(C(=O)NC(C)c2ccc(C(C)C)cc2)c1COc1ccc(F)cc1F. The van der Waals surface area contributed by atoms with E-state index < -0.39 is 17.5 Å². The van der Waals surface area contributed by atoms with E-state index in [0.29, 0.717) is 17.2 Å². The Labute approximate surface area is 174 Å². The molecule has 2 aromatic carbocycles. The van der Waals surface area contributed by atoms with Crippen molar-refractivity contribution >= 4 is 5.91 Å². The van der Waals surface area contributed by atoms with E-state index in [1.54, 1.807) is 6.92 Å². The van der Waals surface area contributed by atoms with Crippen LogP contribution in [0.1, 0.15) is 65.7 Å². The maximum atomic E-state index is 13.8. The van der Waals surface area contributed by atoms with E-state index in [4.69, 9.17) is 9.26 Å². The summed E-state index contributed by atoms with van der Waals surface area (Å²) >= 11 is 0. The second kappa shape index (κ2) is 9.07. The lowest BCUT2D eigenvalue weighted by molar-refractivity contribution is 0.0928.